The van der Waals surface area contributed by atoms with Crippen molar-refractivity contribution < 1.29 is 14.3 Å². The van der Waals surface area contributed by atoms with Crippen LogP contribution in [0.15, 0.2) is 12.4 Å². The molecular weight excluding hydrogens is 270 g/mol. The van der Waals surface area contributed by atoms with Crippen molar-refractivity contribution in [1.82, 2.24) is 14.9 Å². The van der Waals surface area contributed by atoms with Crippen molar-refractivity contribution in [2.45, 2.75) is 52.2 Å². The number of likely N-dealkylation sites (tertiary alicyclic amines) is 1. The summed E-state index contributed by atoms with van der Waals surface area (Å²) in [7, 11) is 0. The average molecular weight is 293 g/mol. The molecule has 0 N–H and O–H groups in total. The molecule has 2 rings (SSSR count). The summed E-state index contributed by atoms with van der Waals surface area (Å²) in [6.45, 7) is 8.73. The Bertz CT molecular complexity index is 499. The summed E-state index contributed by atoms with van der Waals surface area (Å²) in [5, 5.41) is 0. The summed E-state index contributed by atoms with van der Waals surface area (Å²) in [5.41, 5.74) is 0.383. The number of piperidine rings is 1. The first-order valence-corrected chi connectivity index (χ1v) is 7.27. The van der Waals surface area contributed by atoms with Crippen molar-refractivity contribution in [2.75, 3.05) is 13.1 Å². The van der Waals surface area contributed by atoms with E-state index in [1.54, 1.807) is 11.0 Å². The maximum Gasteiger partial charge on any atom is 0.410 e. The van der Waals surface area contributed by atoms with E-state index in [0.29, 0.717) is 19.0 Å². The molecule has 1 aromatic rings. The molecule has 0 radical (unpaired) electrons. The third-order valence-electron chi connectivity index (χ3n) is 3.10. The van der Waals surface area contributed by atoms with Gasteiger partial charge in [0.1, 0.15) is 18.0 Å². The molecule has 0 unspecified atom stereocenters. The topological polar surface area (TPSA) is 64.5 Å². The van der Waals surface area contributed by atoms with E-state index < -0.39 is 5.60 Å². The molecule has 0 saturated carbocycles. The van der Waals surface area contributed by atoms with E-state index in [1.807, 2.05) is 27.7 Å². The number of carbonyl (C=O) groups is 1. The van der Waals surface area contributed by atoms with Gasteiger partial charge in [-0.2, -0.15) is 0 Å². The Morgan fingerprint density at radius 1 is 1.38 bits per heavy atom. The molecule has 0 aliphatic carbocycles. The fourth-order valence-electron chi connectivity index (χ4n) is 2.19. The van der Waals surface area contributed by atoms with Gasteiger partial charge in [-0.3, -0.25) is 0 Å². The molecule has 0 spiro atoms. The second-order valence-electron chi connectivity index (χ2n) is 6.31. The number of rotatable bonds is 2. The van der Waals surface area contributed by atoms with Gasteiger partial charge in [-0.25, -0.2) is 14.8 Å². The van der Waals surface area contributed by atoms with Crippen LogP contribution < -0.4 is 4.74 Å². The van der Waals surface area contributed by atoms with Crippen LogP contribution in [0.4, 0.5) is 4.79 Å². The number of amides is 1. The molecule has 1 aliphatic heterocycles. The largest absolute Gasteiger partial charge is 0.472 e. The van der Waals surface area contributed by atoms with Crippen LogP contribution >= 0.6 is 0 Å². The van der Waals surface area contributed by atoms with Crippen molar-refractivity contribution in [2.24, 2.45) is 0 Å². The highest BCUT2D eigenvalue weighted by molar-refractivity contribution is 5.68. The molecule has 1 amide bonds. The van der Waals surface area contributed by atoms with Gasteiger partial charge in [0.15, 0.2) is 0 Å². The Balaban J connectivity index is 1.93. The molecule has 1 aromatic heterocycles. The Hall–Kier alpha value is -1.85. The molecular formula is C15H23N3O3. The zero-order valence-electron chi connectivity index (χ0n) is 13.1. The second kappa shape index (κ2) is 6.28. The Labute approximate surface area is 125 Å². The minimum Gasteiger partial charge on any atom is -0.472 e. The highest BCUT2D eigenvalue weighted by atomic mass is 16.6. The van der Waals surface area contributed by atoms with Crippen molar-refractivity contribution in [3.05, 3.63) is 18.1 Å². The molecule has 1 saturated heterocycles. The van der Waals surface area contributed by atoms with E-state index in [2.05, 4.69) is 9.97 Å². The van der Waals surface area contributed by atoms with Gasteiger partial charge in [0.05, 0.1) is 6.54 Å². The minimum absolute atomic E-state index is 0.0550. The molecule has 116 valence electrons. The smallest absolute Gasteiger partial charge is 0.410 e. The van der Waals surface area contributed by atoms with Gasteiger partial charge in [0, 0.05) is 18.3 Å². The molecule has 21 heavy (non-hydrogen) atoms. The molecule has 0 aromatic carbocycles. The summed E-state index contributed by atoms with van der Waals surface area (Å²) in [4.78, 5) is 21.9. The SMILES string of the molecule is Cc1cc(O[C@H]2CCCN(C(=O)OC(C)(C)C)C2)ncn1. The fourth-order valence-corrected chi connectivity index (χ4v) is 2.19. The molecule has 1 aliphatic rings. The monoisotopic (exact) mass is 293 g/mol. The predicted octanol–water partition coefficient (Wildman–Crippen LogP) is 2.56. The van der Waals surface area contributed by atoms with Crippen LogP contribution in [0.25, 0.3) is 0 Å². The van der Waals surface area contributed by atoms with Gasteiger partial charge in [-0.1, -0.05) is 0 Å². The minimum atomic E-state index is -0.478. The fraction of sp³-hybridized carbons (Fsp3) is 0.667. The number of carbonyl (C=O) groups excluding carboxylic acids is 1. The molecule has 1 atom stereocenters. The maximum absolute atomic E-state index is 12.1. The van der Waals surface area contributed by atoms with E-state index in [0.717, 1.165) is 18.5 Å². The highest BCUT2D eigenvalue weighted by Gasteiger charge is 2.28. The zero-order chi connectivity index (χ0) is 15.5. The van der Waals surface area contributed by atoms with Crippen molar-refractivity contribution >= 4 is 6.09 Å². The number of aromatic nitrogens is 2. The third-order valence-corrected chi connectivity index (χ3v) is 3.10. The van der Waals surface area contributed by atoms with Crippen molar-refractivity contribution in [3.63, 3.8) is 0 Å². The van der Waals surface area contributed by atoms with Crippen LogP contribution in [-0.4, -0.2) is 45.8 Å². The average Bonchev–Trinajstić information content (AvgIpc) is 2.37. The van der Waals surface area contributed by atoms with Crippen LogP contribution in [0.1, 0.15) is 39.3 Å². The van der Waals surface area contributed by atoms with E-state index in [4.69, 9.17) is 9.47 Å². The first-order valence-electron chi connectivity index (χ1n) is 7.27. The van der Waals surface area contributed by atoms with Gasteiger partial charge in [0.25, 0.3) is 0 Å². The van der Waals surface area contributed by atoms with Crippen LogP contribution in [0.2, 0.25) is 0 Å². The van der Waals surface area contributed by atoms with Crippen LogP contribution in [0, 0.1) is 6.92 Å². The number of aryl methyl sites for hydroxylation is 1. The summed E-state index contributed by atoms with van der Waals surface area (Å²) in [6, 6.07) is 1.80. The standard InChI is InChI=1S/C15H23N3O3/c1-11-8-13(17-10-16-11)20-12-6-5-7-18(9-12)14(19)21-15(2,3)4/h8,10,12H,5-7,9H2,1-4H3/t12-/m0/s1. The lowest BCUT2D eigenvalue weighted by Crippen LogP contribution is -2.46. The molecule has 2 heterocycles. The predicted molar refractivity (Wildman–Crippen MR) is 78.2 cm³/mol. The maximum atomic E-state index is 12.1. The molecule has 6 nitrogen and oxygen atoms in total. The lowest BCUT2D eigenvalue weighted by atomic mass is 10.1. The summed E-state index contributed by atoms with van der Waals surface area (Å²) in [6.07, 6.45) is 2.95. The van der Waals surface area contributed by atoms with Crippen LogP contribution in [-0.2, 0) is 4.74 Å². The number of hydrogen-bond acceptors (Lipinski definition) is 5. The Morgan fingerprint density at radius 2 is 2.14 bits per heavy atom. The summed E-state index contributed by atoms with van der Waals surface area (Å²) < 4.78 is 11.2. The number of hydrogen-bond donors (Lipinski definition) is 0. The van der Waals surface area contributed by atoms with E-state index >= 15 is 0 Å². The van der Waals surface area contributed by atoms with Crippen LogP contribution in [0.5, 0.6) is 5.88 Å². The first-order chi connectivity index (χ1) is 9.83. The lowest BCUT2D eigenvalue weighted by Gasteiger charge is -2.33. The van der Waals surface area contributed by atoms with E-state index in [1.165, 1.54) is 6.33 Å². The number of ether oxygens (including phenoxy) is 2. The van der Waals surface area contributed by atoms with Gasteiger partial charge in [-0.05, 0) is 40.5 Å². The lowest BCUT2D eigenvalue weighted by molar-refractivity contribution is 0.00719. The summed E-state index contributed by atoms with van der Waals surface area (Å²) in [5.74, 6) is 0.554. The second-order valence-corrected chi connectivity index (χ2v) is 6.31. The number of nitrogens with zero attached hydrogens (tertiary/aromatic N) is 3. The Morgan fingerprint density at radius 3 is 2.81 bits per heavy atom. The quantitative estimate of drug-likeness (QED) is 0.838. The van der Waals surface area contributed by atoms with Gasteiger partial charge in [0.2, 0.25) is 5.88 Å². The van der Waals surface area contributed by atoms with Crippen molar-refractivity contribution in [1.29, 1.82) is 0 Å². The van der Waals surface area contributed by atoms with Crippen molar-refractivity contribution in [3.8, 4) is 5.88 Å². The first kappa shape index (κ1) is 15.5. The highest BCUT2D eigenvalue weighted by Crippen LogP contribution is 2.19. The van der Waals surface area contributed by atoms with Crippen LogP contribution in [0.3, 0.4) is 0 Å². The Kier molecular flexibility index (Phi) is 4.65. The van der Waals surface area contributed by atoms with Gasteiger partial charge < -0.3 is 14.4 Å². The van der Waals surface area contributed by atoms with E-state index in [-0.39, 0.29) is 12.2 Å². The molecule has 0 bridgehead atoms. The third kappa shape index (κ3) is 4.88. The zero-order valence-corrected chi connectivity index (χ0v) is 13.1. The van der Waals surface area contributed by atoms with Gasteiger partial charge in [-0.15, -0.1) is 0 Å². The van der Waals surface area contributed by atoms with E-state index in [9.17, 15) is 4.79 Å². The van der Waals surface area contributed by atoms with Gasteiger partial charge >= 0.3 is 6.09 Å². The summed E-state index contributed by atoms with van der Waals surface area (Å²) >= 11 is 0. The molecule has 6 heteroatoms. The normalized spacial score (nSPS) is 19.2. The molecule has 1 fully saturated rings.